The highest BCUT2D eigenvalue weighted by molar-refractivity contribution is 5.91. The number of nitrogen functional groups attached to an aromatic ring is 1. The molecule has 5 heteroatoms. The van der Waals surface area contributed by atoms with Crippen molar-refractivity contribution in [1.82, 2.24) is 0 Å². The fourth-order valence-corrected chi connectivity index (χ4v) is 1.87. The maximum Gasteiger partial charge on any atom is 0.224 e. The van der Waals surface area contributed by atoms with Crippen LogP contribution < -0.4 is 11.1 Å². The van der Waals surface area contributed by atoms with Crippen molar-refractivity contribution in [1.29, 1.82) is 0 Å². The molecule has 0 radical (unpaired) electrons. The third kappa shape index (κ3) is 4.21. The quantitative estimate of drug-likeness (QED) is 0.614. The second-order valence-electron chi connectivity index (χ2n) is 4.81. The van der Waals surface area contributed by atoms with Crippen LogP contribution in [-0.4, -0.2) is 18.6 Å². The van der Waals surface area contributed by atoms with E-state index in [0.717, 1.165) is 12.8 Å². The highest BCUT2D eigenvalue weighted by Crippen LogP contribution is 2.22. The van der Waals surface area contributed by atoms with Gasteiger partial charge in [0.1, 0.15) is 5.82 Å². The summed E-state index contributed by atoms with van der Waals surface area (Å²) in [5.74, 6) is -0.699. The number of anilines is 2. The fourth-order valence-electron chi connectivity index (χ4n) is 1.87. The predicted octanol–water partition coefficient (Wildman–Crippen LogP) is 2.70. The van der Waals surface area contributed by atoms with E-state index >= 15 is 0 Å². The summed E-state index contributed by atoms with van der Waals surface area (Å²) < 4.78 is 18.9. The number of rotatable bonds is 6. The number of amides is 1. The molecule has 1 aromatic carbocycles. The fraction of sp³-hybridized carbons (Fsp3) is 0.500. The van der Waals surface area contributed by atoms with Crippen molar-refractivity contribution in [3.8, 4) is 0 Å². The van der Waals surface area contributed by atoms with Crippen molar-refractivity contribution < 1.29 is 13.9 Å². The lowest BCUT2D eigenvalue weighted by Gasteiger charge is -2.25. The number of hydrogen-bond acceptors (Lipinski definition) is 3. The molecule has 3 N–H and O–H groups in total. The van der Waals surface area contributed by atoms with Crippen LogP contribution in [0.25, 0.3) is 0 Å². The van der Waals surface area contributed by atoms with Gasteiger partial charge in [0.2, 0.25) is 5.91 Å². The van der Waals surface area contributed by atoms with Crippen molar-refractivity contribution >= 4 is 17.3 Å². The molecule has 0 aliphatic heterocycles. The largest absolute Gasteiger partial charge is 0.399 e. The highest BCUT2D eigenvalue weighted by Gasteiger charge is 2.17. The van der Waals surface area contributed by atoms with Crippen LogP contribution >= 0.6 is 0 Å². The number of halogens is 1. The molecule has 4 nitrogen and oxygen atoms in total. The first-order valence-electron chi connectivity index (χ1n) is 6.61. The van der Waals surface area contributed by atoms with Crippen LogP contribution in [0.3, 0.4) is 0 Å². The molecule has 0 spiro atoms. The average Bonchev–Trinajstić information content (AvgIpc) is 2.31. The lowest BCUT2D eigenvalue weighted by molar-refractivity contribution is -0.116. The monoisotopic (exact) mass is 266 g/mol. The average molecular weight is 266 g/mol. The Labute approximate surface area is 112 Å². The molecule has 1 aliphatic rings. The van der Waals surface area contributed by atoms with Crippen molar-refractivity contribution in [3.05, 3.63) is 24.0 Å². The number of carbonyl (C=O) groups excluding carboxylic acids is 1. The highest BCUT2D eigenvalue weighted by atomic mass is 19.1. The minimum atomic E-state index is -0.478. The normalized spacial score (nSPS) is 15.0. The summed E-state index contributed by atoms with van der Waals surface area (Å²) in [6.07, 6.45) is 4.84. The molecule has 0 unspecified atom stereocenters. The first-order chi connectivity index (χ1) is 9.15. The Balaban J connectivity index is 1.69. The molecule has 0 atom stereocenters. The second-order valence-corrected chi connectivity index (χ2v) is 4.81. The number of ether oxygens (including phenoxy) is 1. The summed E-state index contributed by atoms with van der Waals surface area (Å²) in [5.41, 5.74) is 6.09. The Morgan fingerprint density at radius 3 is 2.95 bits per heavy atom. The van der Waals surface area contributed by atoms with Crippen LogP contribution in [0.1, 0.15) is 32.1 Å². The molecule has 0 saturated heterocycles. The molecule has 2 rings (SSSR count). The van der Waals surface area contributed by atoms with Crippen LogP contribution in [0.5, 0.6) is 0 Å². The Morgan fingerprint density at radius 1 is 1.47 bits per heavy atom. The van der Waals surface area contributed by atoms with E-state index in [4.69, 9.17) is 10.5 Å². The second kappa shape index (κ2) is 6.52. The molecule has 104 valence electrons. The maximum absolute atomic E-state index is 13.4. The Bertz CT molecular complexity index is 447. The van der Waals surface area contributed by atoms with Gasteiger partial charge in [0.05, 0.1) is 11.8 Å². The number of nitrogens with one attached hydrogen (secondary N) is 1. The van der Waals surface area contributed by atoms with Gasteiger partial charge in [-0.05, 0) is 43.9 Å². The van der Waals surface area contributed by atoms with Gasteiger partial charge in [0.15, 0.2) is 0 Å². The van der Waals surface area contributed by atoms with Gasteiger partial charge < -0.3 is 15.8 Å². The molecule has 0 aromatic heterocycles. The summed E-state index contributed by atoms with van der Waals surface area (Å²) in [7, 11) is 0. The van der Waals surface area contributed by atoms with Gasteiger partial charge in [-0.15, -0.1) is 0 Å². The van der Waals surface area contributed by atoms with Crippen molar-refractivity contribution in [2.24, 2.45) is 0 Å². The van der Waals surface area contributed by atoms with Crippen LogP contribution in [0.4, 0.5) is 15.8 Å². The molecule has 19 heavy (non-hydrogen) atoms. The molecule has 1 aromatic rings. The third-order valence-electron chi connectivity index (χ3n) is 3.22. The first-order valence-corrected chi connectivity index (χ1v) is 6.61. The smallest absolute Gasteiger partial charge is 0.224 e. The zero-order valence-electron chi connectivity index (χ0n) is 10.8. The van der Waals surface area contributed by atoms with E-state index in [9.17, 15) is 9.18 Å². The van der Waals surface area contributed by atoms with Crippen molar-refractivity contribution in [2.45, 2.75) is 38.2 Å². The van der Waals surface area contributed by atoms with Gasteiger partial charge in [-0.25, -0.2) is 4.39 Å². The Hall–Kier alpha value is -1.62. The van der Waals surface area contributed by atoms with E-state index in [1.54, 1.807) is 0 Å². The number of nitrogens with two attached hydrogens (primary N) is 1. The van der Waals surface area contributed by atoms with Gasteiger partial charge in [-0.2, -0.15) is 0 Å². The van der Waals surface area contributed by atoms with E-state index in [1.807, 2.05) is 0 Å². The summed E-state index contributed by atoms with van der Waals surface area (Å²) in [6, 6.07) is 4.11. The SMILES string of the molecule is Nc1ccc(F)c(NC(=O)CCCOC2CCC2)c1. The molecule has 0 heterocycles. The van der Waals surface area contributed by atoms with Gasteiger partial charge >= 0.3 is 0 Å². The summed E-state index contributed by atoms with van der Waals surface area (Å²) in [4.78, 5) is 11.6. The van der Waals surface area contributed by atoms with Gasteiger partial charge in [0.25, 0.3) is 0 Å². The molecule has 1 fully saturated rings. The van der Waals surface area contributed by atoms with E-state index in [0.29, 0.717) is 31.2 Å². The molecule has 1 amide bonds. The minimum absolute atomic E-state index is 0.130. The van der Waals surface area contributed by atoms with E-state index in [1.165, 1.54) is 24.6 Å². The van der Waals surface area contributed by atoms with Gasteiger partial charge in [-0.1, -0.05) is 0 Å². The third-order valence-corrected chi connectivity index (χ3v) is 3.22. The summed E-state index contributed by atoms with van der Waals surface area (Å²) in [5, 5.41) is 2.52. The van der Waals surface area contributed by atoms with E-state index < -0.39 is 5.82 Å². The topological polar surface area (TPSA) is 64.3 Å². The summed E-state index contributed by atoms with van der Waals surface area (Å²) >= 11 is 0. The molecule has 0 bridgehead atoms. The number of carbonyl (C=O) groups is 1. The van der Waals surface area contributed by atoms with Gasteiger partial charge in [-0.3, -0.25) is 4.79 Å². The molecular formula is C14H19FN2O2. The Kier molecular flexibility index (Phi) is 4.74. The first kappa shape index (κ1) is 13.8. The van der Waals surface area contributed by atoms with Crippen LogP contribution in [0.15, 0.2) is 18.2 Å². The Morgan fingerprint density at radius 2 is 2.26 bits per heavy atom. The van der Waals surface area contributed by atoms with Gasteiger partial charge in [0, 0.05) is 18.7 Å². The molecule has 1 saturated carbocycles. The van der Waals surface area contributed by atoms with Crippen molar-refractivity contribution in [2.75, 3.05) is 17.7 Å². The van der Waals surface area contributed by atoms with Crippen LogP contribution in [-0.2, 0) is 9.53 Å². The van der Waals surface area contributed by atoms with Crippen LogP contribution in [0.2, 0.25) is 0 Å². The summed E-state index contributed by atoms with van der Waals surface area (Å²) in [6.45, 7) is 0.581. The van der Waals surface area contributed by atoms with Crippen molar-refractivity contribution in [3.63, 3.8) is 0 Å². The zero-order valence-corrected chi connectivity index (χ0v) is 10.8. The lowest BCUT2D eigenvalue weighted by Crippen LogP contribution is -2.22. The predicted molar refractivity (Wildman–Crippen MR) is 72.3 cm³/mol. The molecular weight excluding hydrogens is 247 g/mol. The lowest BCUT2D eigenvalue weighted by atomic mass is 9.96. The zero-order chi connectivity index (χ0) is 13.7. The number of benzene rings is 1. The maximum atomic E-state index is 13.4. The standard InChI is InChI=1S/C14H19FN2O2/c15-12-7-6-10(16)9-13(12)17-14(18)5-2-8-19-11-3-1-4-11/h6-7,9,11H,1-5,8,16H2,(H,17,18). The van der Waals surface area contributed by atoms with E-state index in [2.05, 4.69) is 5.32 Å². The molecule has 1 aliphatic carbocycles. The number of hydrogen-bond donors (Lipinski definition) is 2. The minimum Gasteiger partial charge on any atom is -0.399 e. The van der Waals surface area contributed by atoms with Crippen LogP contribution in [0, 0.1) is 5.82 Å². The van der Waals surface area contributed by atoms with E-state index in [-0.39, 0.29) is 11.6 Å².